The van der Waals surface area contributed by atoms with E-state index in [4.69, 9.17) is 0 Å². The summed E-state index contributed by atoms with van der Waals surface area (Å²) in [4.78, 5) is 0. The van der Waals surface area contributed by atoms with Crippen LogP contribution in [0, 0.1) is 5.92 Å². The molecule has 0 aliphatic carbocycles. The van der Waals surface area contributed by atoms with Gasteiger partial charge in [0.05, 0.1) is 0 Å². The van der Waals surface area contributed by atoms with Gasteiger partial charge in [0, 0.05) is 0 Å². The van der Waals surface area contributed by atoms with E-state index in [1.54, 1.807) is 0 Å². The van der Waals surface area contributed by atoms with Crippen LogP contribution in [0.4, 0.5) is 0 Å². The first kappa shape index (κ1) is 12.5. The Morgan fingerprint density at radius 2 is 1.77 bits per heavy atom. The highest BCUT2D eigenvalue weighted by molar-refractivity contribution is 4.96. The van der Waals surface area contributed by atoms with E-state index < -0.39 is 0 Å². The van der Waals surface area contributed by atoms with Crippen molar-refractivity contribution in [3.05, 3.63) is 24.8 Å². The number of hydrogen-bond acceptors (Lipinski definition) is 0. The van der Waals surface area contributed by atoms with Crippen LogP contribution in [-0.4, -0.2) is 0 Å². The molecule has 0 radical (unpaired) electrons. The van der Waals surface area contributed by atoms with Gasteiger partial charge in [0.25, 0.3) is 0 Å². The maximum absolute atomic E-state index is 3.64. The van der Waals surface area contributed by atoms with Crippen molar-refractivity contribution in [1.82, 2.24) is 0 Å². The second-order valence-corrected chi connectivity index (χ2v) is 4.05. The quantitative estimate of drug-likeness (QED) is 0.374. The minimum absolute atomic E-state index is 0.876. The Morgan fingerprint density at radius 1 is 1.08 bits per heavy atom. The van der Waals surface area contributed by atoms with E-state index in [0.29, 0.717) is 0 Å². The van der Waals surface area contributed by atoms with Gasteiger partial charge in [-0.3, -0.25) is 0 Å². The van der Waals surface area contributed by atoms with Crippen molar-refractivity contribution in [3.8, 4) is 0 Å². The van der Waals surface area contributed by atoms with E-state index in [9.17, 15) is 0 Å². The van der Waals surface area contributed by atoms with E-state index in [1.165, 1.54) is 38.5 Å². The third-order valence-electron chi connectivity index (χ3n) is 2.17. The van der Waals surface area contributed by atoms with Crippen molar-refractivity contribution in [2.75, 3.05) is 0 Å². The Labute approximate surface area is 83.7 Å². The molecule has 0 amide bonds. The molecular weight excluding hydrogens is 156 g/mol. The zero-order valence-corrected chi connectivity index (χ0v) is 9.26. The van der Waals surface area contributed by atoms with Crippen LogP contribution in [0.1, 0.15) is 52.4 Å². The molecule has 0 aromatic rings. The molecule has 0 aromatic heterocycles. The summed E-state index contributed by atoms with van der Waals surface area (Å²) in [7, 11) is 0. The SMILES string of the molecule is C=CC=CCCCCCCC(C)C. The molecule has 0 spiro atoms. The van der Waals surface area contributed by atoms with Crippen molar-refractivity contribution in [1.29, 1.82) is 0 Å². The lowest BCUT2D eigenvalue weighted by Gasteiger charge is -2.02. The summed E-state index contributed by atoms with van der Waals surface area (Å²) in [6.07, 6.45) is 14.2. The molecule has 0 saturated carbocycles. The van der Waals surface area contributed by atoms with Crippen LogP contribution in [0.3, 0.4) is 0 Å². The molecule has 0 unspecified atom stereocenters. The van der Waals surface area contributed by atoms with E-state index in [0.717, 1.165) is 5.92 Å². The number of hydrogen-bond donors (Lipinski definition) is 0. The second-order valence-electron chi connectivity index (χ2n) is 4.05. The normalized spacial score (nSPS) is 11.3. The van der Waals surface area contributed by atoms with Crippen LogP contribution in [0.25, 0.3) is 0 Å². The zero-order valence-electron chi connectivity index (χ0n) is 9.26. The summed E-state index contributed by atoms with van der Waals surface area (Å²) < 4.78 is 0. The van der Waals surface area contributed by atoms with Gasteiger partial charge in [-0.1, -0.05) is 64.3 Å². The maximum Gasteiger partial charge on any atom is -0.0348 e. The third-order valence-corrected chi connectivity index (χ3v) is 2.17. The molecule has 0 atom stereocenters. The minimum atomic E-state index is 0.876. The van der Waals surface area contributed by atoms with Crippen LogP contribution in [0.5, 0.6) is 0 Å². The van der Waals surface area contributed by atoms with Crippen molar-refractivity contribution in [2.24, 2.45) is 5.92 Å². The fraction of sp³-hybridized carbons (Fsp3) is 0.692. The minimum Gasteiger partial charge on any atom is -0.0991 e. The van der Waals surface area contributed by atoms with Gasteiger partial charge in [-0.05, 0) is 18.8 Å². The van der Waals surface area contributed by atoms with Gasteiger partial charge < -0.3 is 0 Å². The summed E-state index contributed by atoms with van der Waals surface area (Å²) in [6.45, 7) is 8.24. The lowest BCUT2D eigenvalue weighted by Crippen LogP contribution is -1.86. The van der Waals surface area contributed by atoms with Crippen molar-refractivity contribution in [3.63, 3.8) is 0 Å². The molecule has 0 aliphatic rings. The van der Waals surface area contributed by atoms with Gasteiger partial charge in [-0.15, -0.1) is 0 Å². The molecular formula is C13H24. The standard InChI is InChI=1S/C13H24/c1-4-5-6-7-8-9-10-11-12-13(2)3/h4-6,13H,1,7-12H2,2-3H3. The van der Waals surface area contributed by atoms with Gasteiger partial charge in [0.15, 0.2) is 0 Å². The molecule has 0 saturated heterocycles. The molecule has 0 aromatic carbocycles. The first-order chi connectivity index (χ1) is 6.27. The first-order valence-corrected chi connectivity index (χ1v) is 5.55. The van der Waals surface area contributed by atoms with Gasteiger partial charge in [-0.25, -0.2) is 0 Å². The Bertz CT molecular complexity index is 131. The average Bonchev–Trinajstić information content (AvgIpc) is 2.09. The highest BCUT2D eigenvalue weighted by Crippen LogP contribution is 2.10. The molecule has 0 heterocycles. The Morgan fingerprint density at radius 3 is 2.38 bits per heavy atom. The van der Waals surface area contributed by atoms with Crippen molar-refractivity contribution in [2.45, 2.75) is 52.4 Å². The molecule has 76 valence electrons. The molecule has 0 aliphatic heterocycles. The first-order valence-electron chi connectivity index (χ1n) is 5.55. The maximum atomic E-state index is 3.64. The number of rotatable bonds is 8. The second kappa shape index (κ2) is 9.57. The largest absolute Gasteiger partial charge is 0.0991 e. The monoisotopic (exact) mass is 180 g/mol. The Kier molecular flexibility index (Phi) is 9.18. The molecule has 0 N–H and O–H groups in total. The molecule has 0 fully saturated rings. The molecule has 0 nitrogen and oxygen atoms in total. The molecule has 0 rings (SSSR count). The Hall–Kier alpha value is -0.520. The summed E-state index contributed by atoms with van der Waals surface area (Å²) >= 11 is 0. The topological polar surface area (TPSA) is 0 Å². The van der Waals surface area contributed by atoms with Crippen molar-refractivity contribution >= 4 is 0 Å². The van der Waals surface area contributed by atoms with Crippen LogP contribution in [-0.2, 0) is 0 Å². The van der Waals surface area contributed by atoms with Crippen molar-refractivity contribution < 1.29 is 0 Å². The Balaban J connectivity index is 2.99. The molecule has 13 heavy (non-hydrogen) atoms. The van der Waals surface area contributed by atoms with Gasteiger partial charge >= 0.3 is 0 Å². The predicted molar refractivity (Wildman–Crippen MR) is 61.9 cm³/mol. The van der Waals surface area contributed by atoms with Crippen LogP contribution < -0.4 is 0 Å². The van der Waals surface area contributed by atoms with Gasteiger partial charge in [0.1, 0.15) is 0 Å². The van der Waals surface area contributed by atoms with E-state index in [2.05, 4.69) is 26.5 Å². The van der Waals surface area contributed by atoms with Crippen LogP contribution in [0.2, 0.25) is 0 Å². The number of allylic oxidation sites excluding steroid dienone is 3. The lowest BCUT2D eigenvalue weighted by molar-refractivity contribution is 0.521. The number of unbranched alkanes of at least 4 members (excludes halogenated alkanes) is 4. The highest BCUT2D eigenvalue weighted by Gasteiger charge is 1.93. The lowest BCUT2D eigenvalue weighted by atomic mass is 10.0. The summed E-state index contributed by atoms with van der Waals surface area (Å²) in [5.41, 5.74) is 0. The predicted octanol–water partition coefficient (Wildman–Crippen LogP) is 4.73. The summed E-state index contributed by atoms with van der Waals surface area (Å²) in [5, 5.41) is 0. The van der Waals surface area contributed by atoms with Gasteiger partial charge in [-0.2, -0.15) is 0 Å². The van der Waals surface area contributed by atoms with Crippen LogP contribution >= 0.6 is 0 Å². The van der Waals surface area contributed by atoms with Crippen LogP contribution in [0.15, 0.2) is 24.8 Å². The summed E-state index contributed by atoms with van der Waals surface area (Å²) in [6, 6.07) is 0. The molecule has 0 bridgehead atoms. The van der Waals surface area contributed by atoms with E-state index in [-0.39, 0.29) is 0 Å². The summed E-state index contributed by atoms with van der Waals surface area (Å²) in [5.74, 6) is 0.876. The molecule has 0 heteroatoms. The van der Waals surface area contributed by atoms with E-state index in [1.807, 2.05) is 12.2 Å². The van der Waals surface area contributed by atoms with Gasteiger partial charge in [0.2, 0.25) is 0 Å². The highest BCUT2D eigenvalue weighted by atomic mass is 14.0. The average molecular weight is 180 g/mol. The third kappa shape index (κ3) is 11.5. The fourth-order valence-electron chi connectivity index (χ4n) is 1.36. The fourth-order valence-corrected chi connectivity index (χ4v) is 1.36. The van der Waals surface area contributed by atoms with E-state index >= 15 is 0 Å². The smallest absolute Gasteiger partial charge is 0.0348 e. The zero-order chi connectivity index (χ0) is 9.94.